The molecule has 0 aliphatic carbocycles. The van der Waals surface area contributed by atoms with Crippen molar-refractivity contribution in [2.45, 2.75) is 6.54 Å². The Labute approximate surface area is 122 Å². The molecule has 0 spiro atoms. The Bertz CT molecular complexity index is 567. The smallest absolute Gasteiger partial charge is 0.0499 e. The van der Waals surface area contributed by atoms with Gasteiger partial charge in [0.1, 0.15) is 0 Å². The van der Waals surface area contributed by atoms with E-state index in [9.17, 15) is 0 Å². The van der Waals surface area contributed by atoms with E-state index in [0.717, 1.165) is 23.2 Å². The van der Waals surface area contributed by atoms with Crippen LogP contribution >= 0.6 is 34.8 Å². The normalized spacial score (nSPS) is 10.7. The fourth-order valence-corrected chi connectivity index (χ4v) is 2.53. The monoisotopic (exact) mass is 299 g/mol. The van der Waals surface area contributed by atoms with Crippen LogP contribution in [-0.2, 0) is 6.54 Å². The minimum absolute atomic E-state index is 0.626. The van der Waals surface area contributed by atoms with Gasteiger partial charge in [0.2, 0.25) is 0 Å². The molecule has 0 unspecified atom stereocenters. The van der Waals surface area contributed by atoms with Gasteiger partial charge in [-0.2, -0.15) is 0 Å². The van der Waals surface area contributed by atoms with E-state index >= 15 is 0 Å². The van der Waals surface area contributed by atoms with E-state index in [4.69, 9.17) is 34.8 Å². The lowest BCUT2D eigenvalue weighted by Crippen LogP contribution is -2.06. The number of benzene rings is 2. The van der Waals surface area contributed by atoms with E-state index < -0.39 is 0 Å². The third-order valence-electron chi connectivity index (χ3n) is 2.66. The highest BCUT2D eigenvalue weighted by molar-refractivity contribution is 6.36. The predicted octanol–water partition coefficient (Wildman–Crippen LogP) is 5.03. The van der Waals surface area contributed by atoms with Gasteiger partial charge in [-0.05, 0) is 42.4 Å². The molecular weight excluding hydrogens is 289 g/mol. The van der Waals surface area contributed by atoms with E-state index in [2.05, 4.69) is 5.32 Å². The van der Waals surface area contributed by atoms with Gasteiger partial charge in [0, 0.05) is 27.2 Å². The predicted molar refractivity (Wildman–Crippen MR) is 79.7 cm³/mol. The summed E-state index contributed by atoms with van der Waals surface area (Å²) in [6, 6.07) is 11.3. The highest BCUT2D eigenvalue weighted by Gasteiger charge is 2.09. The molecule has 0 saturated carbocycles. The van der Waals surface area contributed by atoms with Gasteiger partial charge in [0.25, 0.3) is 0 Å². The zero-order valence-electron chi connectivity index (χ0n) is 9.81. The molecule has 0 fully saturated rings. The van der Waals surface area contributed by atoms with Crippen LogP contribution in [0.4, 0.5) is 0 Å². The first-order valence-electron chi connectivity index (χ1n) is 5.50. The van der Waals surface area contributed by atoms with Gasteiger partial charge < -0.3 is 5.32 Å². The fourth-order valence-electron chi connectivity index (χ4n) is 1.85. The molecule has 0 aliphatic rings. The second-order valence-electron chi connectivity index (χ2n) is 3.96. The van der Waals surface area contributed by atoms with Gasteiger partial charge in [0.05, 0.1) is 0 Å². The van der Waals surface area contributed by atoms with Crippen LogP contribution in [0.25, 0.3) is 11.1 Å². The Morgan fingerprint density at radius 1 is 0.889 bits per heavy atom. The van der Waals surface area contributed by atoms with Crippen molar-refractivity contribution in [3.05, 3.63) is 57.0 Å². The van der Waals surface area contributed by atoms with E-state index in [1.807, 2.05) is 37.4 Å². The molecular formula is C14H12Cl3N. The molecule has 0 amide bonds. The first kappa shape index (κ1) is 13.7. The maximum atomic E-state index is 6.24. The second kappa shape index (κ2) is 5.94. The van der Waals surface area contributed by atoms with Crippen molar-refractivity contribution < 1.29 is 0 Å². The Morgan fingerprint density at radius 2 is 1.56 bits per heavy atom. The van der Waals surface area contributed by atoms with Gasteiger partial charge in [0.15, 0.2) is 0 Å². The maximum absolute atomic E-state index is 6.24. The highest BCUT2D eigenvalue weighted by atomic mass is 35.5. The SMILES string of the molecule is CNCc1ccc(Cl)cc1-c1ccc(Cl)cc1Cl. The highest BCUT2D eigenvalue weighted by Crippen LogP contribution is 2.34. The largest absolute Gasteiger partial charge is 0.316 e. The van der Waals surface area contributed by atoms with Crippen molar-refractivity contribution >= 4 is 34.8 Å². The lowest BCUT2D eigenvalue weighted by molar-refractivity contribution is 0.819. The maximum Gasteiger partial charge on any atom is 0.0499 e. The van der Waals surface area contributed by atoms with Crippen LogP contribution in [0, 0.1) is 0 Å². The number of nitrogens with one attached hydrogen (secondary N) is 1. The summed E-state index contributed by atoms with van der Waals surface area (Å²) in [5, 5.41) is 5.08. The molecule has 4 heteroatoms. The third kappa shape index (κ3) is 2.99. The Hall–Kier alpha value is -0.730. The van der Waals surface area contributed by atoms with Crippen LogP contribution in [0.5, 0.6) is 0 Å². The van der Waals surface area contributed by atoms with Crippen molar-refractivity contribution in [2.24, 2.45) is 0 Å². The van der Waals surface area contributed by atoms with Gasteiger partial charge in [-0.25, -0.2) is 0 Å². The van der Waals surface area contributed by atoms with Crippen molar-refractivity contribution in [1.82, 2.24) is 5.32 Å². The Balaban J connectivity index is 2.57. The number of halogens is 3. The van der Waals surface area contributed by atoms with Gasteiger partial charge in [-0.1, -0.05) is 46.9 Å². The van der Waals surface area contributed by atoms with E-state index in [-0.39, 0.29) is 0 Å². The number of hydrogen-bond donors (Lipinski definition) is 1. The molecule has 18 heavy (non-hydrogen) atoms. The zero-order valence-corrected chi connectivity index (χ0v) is 12.1. The first-order valence-corrected chi connectivity index (χ1v) is 6.63. The summed E-state index contributed by atoms with van der Waals surface area (Å²) < 4.78 is 0. The third-order valence-corrected chi connectivity index (χ3v) is 3.44. The summed E-state index contributed by atoms with van der Waals surface area (Å²) in [7, 11) is 1.90. The summed E-state index contributed by atoms with van der Waals surface area (Å²) in [6.45, 7) is 0.755. The molecule has 0 aromatic heterocycles. The Kier molecular flexibility index (Phi) is 4.52. The average Bonchev–Trinajstić information content (AvgIpc) is 2.32. The summed E-state index contributed by atoms with van der Waals surface area (Å²) >= 11 is 18.2. The molecule has 0 bridgehead atoms. The van der Waals surface area contributed by atoms with Crippen molar-refractivity contribution in [3.63, 3.8) is 0 Å². The lowest BCUT2D eigenvalue weighted by atomic mass is 9.99. The van der Waals surface area contributed by atoms with Gasteiger partial charge >= 0.3 is 0 Å². The fraction of sp³-hybridized carbons (Fsp3) is 0.143. The standard InChI is InChI=1S/C14H12Cl3N/c1-18-8-9-2-3-10(15)6-13(9)12-5-4-11(16)7-14(12)17/h2-7,18H,8H2,1H3. The lowest BCUT2D eigenvalue weighted by Gasteiger charge is -2.12. The topological polar surface area (TPSA) is 12.0 Å². The quantitative estimate of drug-likeness (QED) is 0.838. The van der Waals surface area contributed by atoms with Crippen molar-refractivity contribution in [1.29, 1.82) is 0 Å². The molecule has 2 rings (SSSR count). The number of hydrogen-bond acceptors (Lipinski definition) is 1. The van der Waals surface area contributed by atoms with Gasteiger partial charge in [-0.3, -0.25) is 0 Å². The molecule has 0 aliphatic heterocycles. The Morgan fingerprint density at radius 3 is 2.22 bits per heavy atom. The molecule has 94 valence electrons. The molecule has 2 aromatic carbocycles. The molecule has 0 atom stereocenters. The minimum atomic E-state index is 0.626. The minimum Gasteiger partial charge on any atom is -0.316 e. The van der Waals surface area contributed by atoms with Crippen LogP contribution in [0.15, 0.2) is 36.4 Å². The summed E-state index contributed by atoms with van der Waals surface area (Å²) in [6.07, 6.45) is 0. The molecule has 1 N–H and O–H groups in total. The summed E-state index contributed by atoms with van der Waals surface area (Å²) in [4.78, 5) is 0. The van der Waals surface area contributed by atoms with Crippen LogP contribution in [0.3, 0.4) is 0 Å². The zero-order chi connectivity index (χ0) is 13.1. The van der Waals surface area contributed by atoms with Gasteiger partial charge in [-0.15, -0.1) is 0 Å². The van der Waals surface area contributed by atoms with Crippen LogP contribution in [0.2, 0.25) is 15.1 Å². The molecule has 1 nitrogen and oxygen atoms in total. The van der Waals surface area contributed by atoms with Crippen LogP contribution in [0.1, 0.15) is 5.56 Å². The summed E-state index contributed by atoms with van der Waals surface area (Å²) in [5.41, 5.74) is 3.11. The number of rotatable bonds is 3. The van der Waals surface area contributed by atoms with E-state index in [0.29, 0.717) is 15.1 Å². The van der Waals surface area contributed by atoms with Crippen LogP contribution in [-0.4, -0.2) is 7.05 Å². The van der Waals surface area contributed by atoms with Crippen molar-refractivity contribution in [2.75, 3.05) is 7.05 Å². The molecule has 0 saturated heterocycles. The molecule has 0 heterocycles. The second-order valence-corrected chi connectivity index (χ2v) is 5.24. The van der Waals surface area contributed by atoms with E-state index in [1.54, 1.807) is 6.07 Å². The van der Waals surface area contributed by atoms with Crippen molar-refractivity contribution in [3.8, 4) is 11.1 Å². The first-order chi connectivity index (χ1) is 8.61. The average molecular weight is 301 g/mol. The molecule has 2 aromatic rings. The molecule has 0 radical (unpaired) electrons. The van der Waals surface area contributed by atoms with E-state index in [1.165, 1.54) is 0 Å². The van der Waals surface area contributed by atoms with Crippen LogP contribution < -0.4 is 5.32 Å². The summed E-state index contributed by atoms with van der Waals surface area (Å²) in [5.74, 6) is 0.